The van der Waals surface area contributed by atoms with Gasteiger partial charge in [0, 0.05) is 11.6 Å². The van der Waals surface area contributed by atoms with Crippen LogP contribution in [0, 0.1) is 16.2 Å². The van der Waals surface area contributed by atoms with Gasteiger partial charge in [-0.15, -0.1) is 0 Å². The predicted molar refractivity (Wildman–Crippen MR) is 76.1 cm³/mol. The summed E-state index contributed by atoms with van der Waals surface area (Å²) in [6.45, 7) is 5.94. The van der Waals surface area contributed by atoms with Crippen LogP contribution in [0.15, 0.2) is 42.5 Å². The number of rotatable bonds is 2. The first-order valence-electron chi connectivity index (χ1n) is 6.15. The summed E-state index contributed by atoms with van der Waals surface area (Å²) in [5, 5.41) is 11.3. The fourth-order valence-electron chi connectivity index (χ4n) is 2.08. The van der Waals surface area contributed by atoms with Crippen LogP contribution in [-0.2, 0) is 5.41 Å². The van der Waals surface area contributed by atoms with Crippen LogP contribution in [0.2, 0.25) is 0 Å². The molecular weight excluding hydrogens is 238 g/mol. The Morgan fingerprint density at radius 1 is 1.05 bits per heavy atom. The monoisotopic (exact) mass is 254 g/mol. The zero-order valence-electron chi connectivity index (χ0n) is 11.3. The molecule has 0 saturated carbocycles. The maximum atomic E-state index is 11.3. The van der Waals surface area contributed by atoms with Gasteiger partial charge in [-0.05, 0) is 22.6 Å². The maximum absolute atomic E-state index is 11.3. The van der Waals surface area contributed by atoms with Gasteiger partial charge in [0.05, 0.1) is 4.92 Å². The summed E-state index contributed by atoms with van der Waals surface area (Å²) in [7, 11) is 0. The van der Waals surface area contributed by atoms with Crippen molar-refractivity contribution < 1.29 is 4.92 Å². The van der Waals surface area contributed by atoms with Gasteiger partial charge in [0.25, 0.3) is 5.69 Å². The second-order valence-electron chi connectivity index (χ2n) is 5.53. The largest absolute Gasteiger partial charge is 0.273 e. The van der Waals surface area contributed by atoms with Crippen molar-refractivity contribution in [2.75, 3.05) is 0 Å². The quantitative estimate of drug-likeness (QED) is 0.590. The Hall–Kier alpha value is -2.16. The molecule has 0 N–H and O–H groups in total. The molecular formula is C16H16NO2. The number of benzene rings is 2. The Labute approximate surface area is 113 Å². The second-order valence-corrected chi connectivity index (χ2v) is 5.53. The first kappa shape index (κ1) is 13.3. The molecule has 0 aromatic heterocycles. The van der Waals surface area contributed by atoms with Crippen LogP contribution >= 0.6 is 0 Å². The molecule has 1 radical (unpaired) electrons. The highest BCUT2D eigenvalue weighted by Gasteiger charge is 2.25. The van der Waals surface area contributed by atoms with Gasteiger partial charge in [-0.3, -0.25) is 10.1 Å². The van der Waals surface area contributed by atoms with E-state index in [1.807, 2.05) is 45.0 Å². The fraction of sp³-hybridized carbons (Fsp3) is 0.250. The van der Waals surface area contributed by atoms with Crippen LogP contribution in [0.4, 0.5) is 5.69 Å². The highest BCUT2D eigenvalue weighted by atomic mass is 16.6. The van der Waals surface area contributed by atoms with E-state index in [1.54, 1.807) is 18.2 Å². The molecule has 0 bridgehead atoms. The minimum atomic E-state index is -0.306. The van der Waals surface area contributed by atoms with Gasteiger partial charge in [-0.2, -0.15) is 0 Å². The lowest BCUT2D eigenvalue weighted by Gasteiger charge is -2.19. The zero-order valence-corrected chi connectivity index (χ0v) is 11.3. The van der Waals surface area contributed by atoms with E-state index in [9.17, 15) is 10.1 Å². The van der Waals surface area contributed by atoms with Gasteiger partial charge in [-0.1, -0.05) is 57.2 Å². The van der Waals surface area contributed by atoms with Gasteiger partial charge in [0.2, 0.25) is 0 Å². The van der Waals surface area contributed by atoms with Gasteiger partial charge in [0.15, 0.2) is 0 Å². The van der Waals surface area contributed by atoms with Crippen LogP contribution < -0.4 is 0 Å². The molecule has 0 aliphatic carbocycles. The van der Waals surface area contributed by atoms with E-state index >= 15 is 0 Å². The molecule has 0 unspecified atom stereocenters. The number of nitro benzene ring substituents is 1. The third-order valence-electron chi connectivity index (χ3n) is 3.05. The Morgan fingerprint density at radius 2 is 1.68 bits per heavy atom. The summed E-state index contributed by atoms with van der Waals surface area (Å²) in [5.41, 5.74) is 2.50. The first-order chi connectivity index (χ1) is 8.89. The highest BCUT2D eigenvalue weighted by Crippen LogP contribution is 2.34. The summed E-state index contributed by atoms with van der Waals surface area (Å²) in [5.74, 6) is 0. The Bertz CT molecular complexity index is 598. The van der Waals surface area contributed by atoms with Crippen LogP contribution in [0.5, 0.6) is 0 Å². The summed E-state index contributed by atoms with van der Waals surface area (Å²) < 4.78 is 0. The molecule has 0 saturated heterocycles. The summed E-state index contributed by atoms with van der Waals surface area (Å²) in [4.78, 5) is 10.9. The standard InChI is InChI=1S/C16H16NO2/c1-16(2,3)14-10-9-13(11-15(14)17(18)19)12-7-5-4-6-8-12/h5-11H,1-3H3. The van der Waals surface area contributed by atoms with E-state index < -0.39 is 0 Å². The van der Waals surface area contributed by atoms with E-state index in [1.165, 1.54) is 0 Å². The van der Waals surface area contributed by atoms with E-state index in [-0.39, 0.29) is 16.0 Å². The Kier molecular flexibility index (Phi) is 3.38. The lowest BCUT2D eigenvalue weighted by atomic mass is 9.85. The molecule has 2 rings (SSSR count). The molecule has 0 amide bonds. The minimum absolute atomic E-state index is 0.179. The second kappa shape index (κ2) is 4.84. The predicted octanol–water partition coefficient (Wildman–Crippen LogP) is 4.36. The Morgan fingerprint density at radius 3 is 2.21 bits per heavy atom. The summed E-state index contributed by atoms with van der Waals surface area (Å²) >= 11 is 0. The topological polar surface area (TPSA) is 43.1 Å². The third-order valence-corrected chi connectivity index (χ3v) is 3.05. The van der Waals surface area contributed by atoms with E-state index in [2.05, 4.69) is 6.07 Å². The smallest absolute Gasteiger partial charge is 0.258 e. The van der Waals surface area contributed by atoms with Crippen molar-refractivity contribution in [2.45, 2.75) is 26.2 Å². The van der Waals surface area contributed by atoms with Crippen molar-refractivity contribution in [3.05, 3.63) is 64.2 Å². The van der Waals surface area contributed by atoms with Crippen molar-refractivity contribution in [3.8, 4) is 11.1 Å². The maximum Gasteiger partial charge on any atom is 0.273 e. The van der Waals surface area contributed by atoms with E-state index in [0.717, 1.165) is 16.7 Å². The van der Waals surface area contributed by atoms with Crippen molar-refractivity contribution in [2.24, 2.45) is 0 Å². The molecule has 0 aliphatic heterocycles. The molecule has 19 heavy (non-hydrogen) atoms. The number of nitrogens with zero attached hydrogens (tertiary/aromatic N) is 1. The molecule has 0 fully saturated rings. The highest BCUT2D eigenvalue weighted by molar-refractivity contribution is 5.67. The average Bonchev–Trinajstić information content (AvgIpc) is 2.38. The van der Waals surface area contributed by atoms with E-state index in [0.29, 0.717) is 0 Å². The number of hydrogen-bond donors (Lipinski definition) is 0. The van der Waals surface area contributed by atoms with Crippen LogP contribution in [0.3, 0.4) is 0 Å². The molecule has 0 spiro atoms. The molecule has 0 aliphatic rings. The lowest BCUT2D eigenvalue weighted by molar-refractivity contribution is -0.385. The van der Waals surface area contributed by atoms with Gasteiger partial charge >= 0.3 is 0 Å². The number of hydrogen-bond acceptors (Lipinski definition) is 2. The van der Waals surface area contributed by atoms with Crippen molar-refractivity contribution in [1.82, 2.24) is 0 Å². The number of nitro groups is 1. The molecule has 3 nitrogen and oxygen atoms in total. The summed E-state index contributed by atoms with van der Waals surface area (Å²) in [6, 6.07) is 15.8. The van der Waals surface area contributed by atoms with Gasteiger partial charge in [-0.25, -0.2) is 0 Å². The van der Waals surface area contributed by atoms with Crippen LogP contribution in [0.1, 0.15) is 26.3 Å². The van der Waals surface area contributed by atoms with Crippen molar-refractivity contribution >= 4 is 5.69 Å². The molecule has 0 heterocycles. The van der Waals surface area contributed by atoms with Crippen LogP contribution in [0.25, 0.3) is 11.1 Å². The molecule has 2 aromatic carbocycles. The minimum Gasteiger partial charge on any atom is -0.258 e. The third kappa shape index (κ3) is 2.81. The Balaban J connectivity index is 2.58. The van der Waals surface area contributed by atoms with Crippen molar-refractivity contribution in [3.63, 3.8) is 0 Å². The molecule has 97 valence electrons. The first-order valence-corrected chi connectivity index (χ1v) is 6.15. The summed E-state index contributed by atoms with van der Waals surface area (Å²) in [6.07, 6.45) is 0. The van der Waals surface area contributed by atoms with Crippen molar-refractivity contribution in [1.29, 1.82) is 0 Å². The van der Waals surface area contributed by atoms with Gasteiger partial charge < -0.3 is 0 Å². The zero-order chi connectivity index (χ0) is 14.0. The average molecular weight is 254 g/mol. The normalized spacial score (nSPS) is 11.3. The van der Waals surface area contributed by atoms with Gasteiger partial charge in [0.1, 0.15) is 0 Å². The molecule has 2 aromatic rings. The SMILES string of the molecule is CC(C)(C)c1ccc(-c2cc[c]cc2)cc1[N+](=O)[O-]. The molecule has 0 atom stereocenters. The lowest BCUT2D eigenvalue weighted by Crippen LogP contribution is -2.13. The van der Waals surface area contributed by atoms with E-state index in [4.69, 9.17) is 0 Å². The fourth-order valence-corrected chi connectivity index (χ4v) is 2.08. The molecule has 3 heteroatoms. The van der Waals surface area contributed by atoms with Crippen LogP contribution in [-0.4, -0.2) is 4.92 Å².